The number of rotatable bonds is 12. The Bertz CT molecular complexity index is 1230. The van der Waals surface area contributed by atoms with Crippen molar-refractivity contribution in [3.05, 3.63) is 96.1 Å². The number of ketones is 1. The summed E-state index contributed by atoms with van der Waals surface area (Å²) in [5.41, 5.74) is 14.9. The molecule has 0 saturated carbocycles. The van der Waals surface area contributed by atoms with Crippen LogP contribution in [0.4, 0.5) is 0 Å². The number of hydrogen-bond donors (Lipinski definition) is 3. The third-order valence-electron chi connectivity index (χ3n) is 5.62. The molecule has 0 amide bonds. The van der Waals surface area contributed by atoms with Gasteiger partial charge in [-0.1, -0.05) is 84.9 Å². The van der Waals surface area contributed by atoms with Gasteiger partial charge in [0.05, 0.1) is 0 Å². The summed E-state index contributed by atoms with van der Waals surface area (Å²) in [6.07, 6.45) is 0.144. The summed E-state index contributed by atoms with van der Waals surface area (Å²) in [6.45, 7) is -1.05. The molecule has 3 atom stereocenters. The first-order chi connectivity index (χ1) is 17.8. The smallest absolute Gasteiger partial charge is 0.323 e. The van der Waals surface area contributed by atoms with Gasteiger partial charge in [0, 0.05) is 0 Å². The van der Waals surface area contributed by atoms with Gasteiger partial charge in [-0.3, -0.25) is 19.2 Å². The Kier molecular flexibility index (Phi) is 9.65. The van der Waals surface area contributed by atoms with E-state index in [1.54, 1.807) is 30.3 Å². The molecular weight excluding hydrogens is 476 g/mol. The Morgan fingerprint density at radius 3 is 1.97 bits per heavy atom. The maximum atomic E-state index is 12.7. The van der Waals surface area contributed by atoms with E-state index in [0.717, 1.165) is 16.7 Å². The van der Waals surface area contributed by atoms with E-state index in [1.165, 1.54) is 0 Å². The molecule has 0 aliphatic rings. The molecule has 3 aromatic rings. The highest BCUT2D eigenvalue weighted by Crippen LogP contribution is 2.20. The largest absolute Gasteiger partial charge is 0.480 e. The number of Topliss-reactive ketones (excluding diaryl/α,β-unsaturated/α-hetero) is 1. The van der Waals surface area contributed by atoms with Gasteiger partial charge >= 0.3 is 17.9 Å². The van der Waals surface area contributed by atoms with Crippen molar-refractivity contribution in [3.8, 4) is 11.1 Å². The van der Waals surface area contributed by atoms with Crippen LogP contribution in [0, 0.1) is 5.92 Å². The van der Waals surface area contributed by atoms with Crippen LogP contribution in [0.15, 0.2) is 84.9 Å². The number of carboxylic acids is 1. The molecule has 0 heterocycles. The summed E-state index contributed by atoms with van der Waals surface area (Å²) in [7, 11) is 0. The van der Waals surface area contributed by atoms with Crippen LogP contribution >= 0.6 is 0 Å². The zero-order valence-corrected chi connectivity index (χ0v) is 20.0. The maximum Gasteiger partial charge on any atom is 0.323 e. The highest BCUT2D eigenvalue weighted by molar-refractivity contribution is 6.04. The minimum absolute atomic E-state index is 0.144. The van der Waals surface area contributed by atoms with E-state index in [9.17, 15) is 24.3 Å². The van der Waals surface area contributed by atoms with Crippen LogP contribution in [0.2, 0.25) is 0 Å². The summed E-state index contributed by atoms with van der Waals surface area (Å²) in [5, 5.41) is 9.26. The Labute approximate surface area is 214 Å². The number of ether oxygens (including phenoxy) is 2. The monoisotopic (exact) mass is 504 g/mol. The number of hydrogen-bond acceptors (Lipinski definition) is 8. The highest BCUT2D eigenvalue weighted by Gasteiger charge is 2.39. The van der Waals surface area contributed by atoms with Crippen molar-refractivity contribution in [2.24, 2.45) is 17.4 Å². The van der Waals surface area contributed by atoms with E-state index in [4.69, 9.17) is 20.9 Å². The molecule has 5 N–H and O–H groups in total. The van der Waals surface area contributed by atoms with Crippen LogP contribution in [-0.4, -0.2) is 47.5 Å². The molecule has 0 bridgehead atoms. The Hall–Kier alpha value is -4.34. The van der Waals surface area contributed by atoms with Crippen molar-refractivity contribution < 1.29 is 33.8 Å². The lowest BCUT2D eigenvalue weighted by atomic mass is 9.96. The second kappa shape index (κ2) is 13.1. The number of esters is 2. The number of benzene rings is 3. The summed E-state index contributed by atoms with van der Waals surface area (Å²) in [6, 6.07) is 22.8. The molecule has 3 unspecified atom stereocenters. The van der Waals surface area contributed by atoms with Crippen LogP contribution in [0.1, 0.15) is 11.1 Å². The summed E-state index contributed by atoms with van der Waals surface area (Å²) in [5.74, 6) is -6.43. The van der Waals surface area contributed by atoms with Gasteiger partial charge in [0.15, 0.2) is 12.4 Å². The highest BCUT2D eigenvalue weighted by atomic mass is 16.5. The van der Waals surface area contributed by atoms with Crippen LogP contribution in [-0.2, 0) is 41.7 Å². The predicted octanol–water partition coefficient (Wildman–Crippen LogP) is 2.11. The van der Waals surface area contributed by atoms with Gasteiger partial charge in [-0.2, -0.15) is 0 Å². The Morgan fingerprint density at radius 1 is 0.730 bits per heavy atom. The topological polar surface area (TPSA) is 159 Å². The van der Waals surface area contributed by atoms with Gasteiger partial charge in [0.1, 0.15) is 24.6 Å². The molecule has 0 fully saturated rings. The van der Waals surface area contributed by atoms with Crippen molar-refractivity contribution in [1.82, 2.24) is 0 Å². The van der Waals surface area contributed by atoms with Gasteiger partial charge in [-0.25, -0.2) is 0 Å². The zero-order chi connectivity index (χ0) is 26.8. The molecule has 37 heavy (non-hydrogen) atoms. The van der Waals surface area contributed by atoms with Crippen molar-refractivity contribution >= 4 is 23.7 Å². The number of carbonyl (C=O) groups excluding carboxylic acids is 3. The quantitative estimate of drug-likeness (QED) is 0.248. The van der Waals surface area contributed by atoms with Crippen molar-refractivity contribution in [2.75, 3.05) is 6.61 Å². The SMILES string of the molecule is NC(Cc1cccc(-c2ccccc2)c1)C(=O)OCC(=O)C(C(=O)OCc1ccccc1)C(N)C(=O)O. The summed E-state index contributed by atoms with van der Waals surface area (Å²) in [4.78, 5) is 49.0. The third-order valence-corrected chi connectivity index (χ3v) is 5.62. The number of aliphatic carboxylic acids is 1. The molecule has 0 radical (unpaired) electrons. The van der Waals surface area contributed by atoms with E-state index in [0.29, 0.717) is 5.56 Å². The minimum Gasteiger partial charge on any atom is -0.480 e. The second-order valence-corrected chi connectivity index (χ2v) is 8.39. The lowest BCUT2D eigenvalue weighted by Crippen LogP contribution is -2.48. The number of carbonyl (C=O) groups is 4. The van der Waals surface area contributed by atoms with Crippen molar-refractivity contribution in [3.63, 3.8) is 0 Å². The summed E-state index contributed by atoms with van der Waals surface area (Å²) < 4.78 is 10.1. The average molecular weight is 505 g/mol. The second-order valence-electron chi connectivity index (χ2n) is 8.39. The van der Waals surface area contributed by atoms with E-state index in [2.05, 4.69) is 0 Å². The molecule has 3 rings (SSSR count). The maximum absolute atomic E-state index is 12.7. The lowest BCUT2D eigenvalue weighted by Gasteiger charge is -2.19. The van der Waals surface area contributed by atoms with Gasteiger partial charge in [0.25, 0.3) is 0 Å². The molecule has 0 aliphatic carbocycles. The third kappa shape index (κ3) is 7.83. The fraction of sp³-hybridized carbons (Fsp3) is 0.214. The standard InChI is InChI=1S/C28H28N2O7/c29-22(15-19-10-7-13-21(14-19)20-11-5-2-6-12-20)27(34)37-17-23(31)24(25(30)26(32)33)28(35)36-16-18-8-3-1-4-9-18/h1-14,22,24-25H,15-17,29-30H2,(H,32,33). The Balaban J connectivity index is 1.59. The van der Waals surface area contributed by atoms with Gasteiger partial charge in [-0.05, 0) is 28.7 Å². The zero-order valence-electron chi connectivity index (χ0n) is 20.0. The van der Waals surface area contributed by atoms with E-state index in [-0.39, 0.29) is 13.0 Å². The molecule has 0 aliphatic heterocycles. The number of carboxylic acid groups (broad SMARTS) is 1. The fourth-order valence-corrected chi connectivity index (χ4v) is 3.62. The van der Waals surface area contributed by atoms with Crippen molar-refractivity contribution in [1.29, 1.82) is 0 Å². The molecule has 3 aromatic carbocycles. The lowest BCUT2D eigenvalue weighted by molar-refractivity contribution is -0.162. The molecule has 0 saturated heterocycles. The van der Waals surface area contributed by atoms with E-state index in [1.807, 2.05) is 54.6 Å². The van der Waals surface area contributed by atoms with Crippen LogP contribution in [0.5, 0.6) is 0 Å². The fourth-order valence-electron chi connectivity index (χ4n) is 3.62. The molecule has 0 aromatic heterocycles. The van der Waals surface area contributed by atoms with Crippen LogP contribution in [0.3, 0.4) is 0 Å². The Morgan fingerprint density at radius 2 is 1.32 bits per heavy atom. The molecule has 0 spiro atoms. The summed E-state index contributed by atoms with van der Waals surface area (Å²) >= 11 is 0. The normalized spacial score (nSPS) is 13.1. The van der Waals surface area contributed by atoms with Gasteiger partial charge in [-0.15, -0.1) is 0 Å². The van der Waals surface area contributed by atoms with E-state index >= 15 is 0 Å². The van der Waals surface area contributed by atoms with E-state index < -0.39 is 48.3 Å². The van der Waals surface area contributed by atoms with Crippen molar-refractivity contribution in [2.45, 2.75) is 25.1 Å². The first-order valence-corrected chi connectivity index (χ1v) is 11.5. The molecular formula is C28H28N2O7. The number of nitrogens with two attached hydrogens (primary N) is 2. The van der Waals surface area contributed by atoms with Gasteiger partial charge < -0.3 is 26.0 Å². The predicted molar refractivity (Wildman–Crippen MR) is 135 cm³/mol. The van der Waals surface area contributed by atoms with Gasteiger partial charge in [0.2, 0.25) is 0 Å². The first-order valence-electron chi connectivity index (χ1n) is 11.5. The average Bonchev–Trinajstić information content (AvgIpc) is 2.91. The first kappa shape index (κ1) is 27.3. The molecule has 9 nitrogen and oxygen atoms in total. The molecule has 9 heteroatoms. The molecule has 192 valence electrons. The minimum atomic E-state index is -1.87. The van der Waals surface area contributed by atoms with Crippen LogP contribution in [0.25, 0.3) is 11.1 Å². The van der Waals surface area contributed by atoms with Crippen LogP contribution < -0.4 is 11.5 Å².